The van der Waals surface area contributed by atoms with Crippen molar-refractivity contribution >= 4 is 11.3 Å². The lowest BCUT2D eigenvalue weighted by molar-refractivity contribution is 0.421. The van der Waals surface area contributed by atoms with Gasteiger partial charge in [0, 0.05) is 23.4 Å². The van der Waals surface area contributed by atoms with Gasteiger partial charge in [0.25, 0.3) is 0 Å². The molecule has 86 valence electrons. The van der Waals surface area contributed by atoms with E-state index in [9.17, 15) is 0 Å². The van der Waals surface area contributed by atoms with Gasteiger partial charge >= 0.3 is 0 Å². The van der Waals surface area contributed by atoms with Crippen LogP contribution in [-0.2, 0) is 6.54 Å². The highest BCUT2D eigenvalue weighted by Gasteiger charge is 2.11. The molecule has 0 saturated heterocycles. The SMILES string of the molecule is CCC(C)c1nc(CNC(C)(C)C)cs1. The predicted molar refractivity (Wildman–Crippen MR) is 67.4 cm³/mol. The zero-order chi connectivity index (χ0) is 11.5. The largest absolute Gasteiger partial charge is 0.306 e. The Bertz CT molecular complexity index is 299. The molecule has 1 rings (SSSR count). The fourth-order valence-electron chi connectivity index (χ4n) is 1.16. The first-order valence-corrected chi connectivity index (χ1v) is 6.49. The van der Waals surface area contributed by atoms with Crippen molar-refractivity contribution in [2.75, 3.05) is 0 Å². The summed E-state index contributed by atoms with van der Waals surface area (Å²) in [4.78, 5) is 4.64. The zero-order valence-electron chi connectivity index (χ0n) is 10.4. The van der Waals surface area contributed by atoms with Crippen LogP contribution in [0.15, 0.2) is 5.38 Å². The lowest BCUT2D eigenvalue weighted by Gasteiger charge is -2.19. The van der Waals surface area contributed by atoms with Crippen molar-refractivity contribution in [3.8, 4) is 0 Å². The van der Waals surface area contributed by atoms with Crippen molar-refractivity contribution in [3.05, 3.63) is 16.1 Å². The summed E-state index contributed by atoms with van der Waals surface area (Å²) < 4.78 is 0. The van der Waals surface area contributed by atoms with Gasteiger partial charge < -0.3 is 5.32 Å². The Kier molecular flexibility index (Phi) is 4.29. The quantitative estimate of drug-likeness (QED) is 0.849. The van der Waals surface area contributed by atoms with Crippen LogP contribution < -0.4 is 5.32 Å². The molecule has 0 aliphatic rings. The predicted octanol–water partition coefficient (Wildman–Crippen LogP) is 3.54. The Labute approximate surface area is 97.1 Å². The third kappa shape index (κ3) is 4.31. The highest BCUT2D eigenvalue weighted by Crippen LogP contribution is 2.22. The van der Waals surface area contributed by atoms with E-state index in [-0.39, 0.29) is 5.54 Å². The lowest BCUT2D eigenvalue weighted by Crippen LogP contribution is -2.35. The molecule has 2 nitrogen and oxygen atoms in total. The normalized spacial score (nSPS) is 14.2. The van der Waals surface area contributed by atoms with Gasteiger partial charge in [-0.2, -0.15) is 0 Å². The number of aromatic nitrogens is 1. The Morgan fingerprint density at radius 1 is 1.47 bits per heavy atom. The van der Waals surface area contributed by atoms with Crippen LogP contribution in [-0.4, -0.2) is 10.5 Å². The molecule has 0 saturated carbocycles. The van der Waals surface area contributed by atoms with Crippen molar-refractivity contribution in [2.24, 2.45) is 0 Å². The van der Waals surface area contributed by atoms with E-state index in [0.29, 0.717) is 5.92 Å². The molecule has 1 N–H and O–H groups in total. The molecule has 1 atom stereocenters. The van der Waals surface area contributed by atoms with Crippen LogP contribution in [0.5, 0.6) is 0 Å². The maximum absolute atomic E-state index is 4.64. The van der Waals surface area contributed by atoms with Crippen LogP contribution in [0.25, 0.3) is 0 Å². The first kappa shape index (κ1) is 12.7. The molecule has 3 heteroatoms. The molecule has 15 heavy (non-hydrogen) atoms. The number of thiazole rings is 1. The molecule has 0 aliphatic carbocycles. The average Bonchev–Trinajstić information content (AvgIpc) is 2.61. The minimum Gasteiger partial charge on any atom is -0.306 e. The second-order valence-corrected chi connectivity index (χ2v) is 5.98. The molecule has 0 fully saturated rings. The number of hydrogen-bond donors (Lipinski definition) is 1. The summed E-state index contributed by atoms with van der Waals surface area (Å²) in [6.45, 7) is 11.8. The third-order valence-corrected chi connectivity index (χ3v) is 3.53. The molecule has 0 aliphatic heterocycles. The van der Waals surface area contributed by atoms with Gasteiger partial charge in [-0.1, -0.05) is 13.8 Å². The van der Waals surface area contributed by atoms with E-state index in [0.717, 1.165) is 6.54 Å². The molecule has 0 radical (unpaired) electrons. The van der Waals surface area contributed by atoms with E-state index >= 15 is 0 Å². The molecule has 0 spiro atoms. The minimum absolute atomic E-state index is 0.167. The second kappa shape index (κ2) is 5.08. The maximum atomic E-state index is 4.64. The van der Waals surface area contributed by atoms with Crippen LogP contribution in [0.1, 0.15) is 57.7 Å². The van der Waals surface area contributed by atoms with Gasteiger partial charge in [0.1, 0.15) is 0 Å². The second-order valence-electron chi connectivity index (χ2n) is 5.09. The van der Waals surface area contributed by atoms with Gasteiger partial charge in [-0.25, -0.2) is 4.98 Å². The molecule has 1 heterocycles. The van der Waals surface area contributed by atoms with Crippen molar-refractivity contribution in [1.82, 2.24) is 10.3 Å². The molecular formula is C12H22N2S. The van der Waals surface area contributed by atoms with Crippen molar-refractivity contribution in [1.29, 1.82) is 0 Å². The summed E-state index contributed by atoms with van der Waals surface area (Å²) in [6, 6.07) is 0. The van der Waals surface area contributed by atoms with Crippen LogP contribution >= 0.6 is 11.3 Å². The first-order chi connectivity index (χ1) is 6.92. The maximum Gasteiger partial charge on any atom is 0.0956 e. The molecule has 0 amide bonds. The highest BCUT2D eigenvalue weighted by atomic mass is 32.1. The van der Waals surface area contributed by atoms with Gasteiger partial charge in [-0.3, -0.25) is 0 Å². The van der Waals surface area contributed by atoms with E-state index in [1.54, 1.807) is 11.3 Å². The number of nitrogens with zero attached hydrogens (tertiary/aromatic N) is 1. The topological polar surface area (TPSA) is 24.9 Å². The summed E-state index contributed by atoms with van der Waals surface area (Å²) in [5, 5.41) is 6.89. The molecule has 0 bridgehead atoms. The fourth-order valence-corrected chi connectivity index (χ4v) is 2.12. The van der Waals surface area contributed by atoms with Crippen molar-refractivity contribution < 1.29 is 0 Å². The monoisotopic (exact) mass is 226 g/mol. The average molecular weight is 226 g/mol. The number of hydrogen-bond acceptors (Lipinski definition) is 3. The molecular weight excluding hydrogens is 204 g/mol. The Morgan fingerprint density at radius 3 is 2.67 bits per heavy atom. The summed E-state index contributed by atoms with van der Waals surface area (Å²) in [6.07, 6.45) is 1.17. The zero-order valence-corrected chi connectivity index (χ0v) is 11.2. The Balaban J connectivity index is 2.53. The van der Waals surface area contributed by atoms with Gasteiger partial charge in [0.15, 0.2) is 0 Å². The first-order valence-electron chi connectivity index (χ1n) is 5.61. The standard InChI is InChI=1S/C12H22N2S/c1-6-9(2)11-14-10(8-15-11)7-13-12(3,4)5/h8-9,13H,6-7H2,1-5H3. The van der Waals surface area contributed by atoms with Crippen LogP contribution in [0.2, 0.25) is 0 Å². The van der Waals surface area contributed by atoms with E-state index in [2.05, 4.69) is 50.3 Å². The molecule has 1 aromatic rings. The summed E-state index contributed by atoms with van der Waals surface area (Å²) in [5.74, 6) is 0.596. The van der Waals surface area contributed by atoms with Gasteiger partial charge in [-0.15, -0.1) is 11.3 Å². The number of nitrogens with one attached hydrogen (secondary N) is 1. The lowest BCUT2D eigenvalue weighted by atomic mass is 10.1. The van der Waals surface area contributed by atoms with Crippen molar-refractivity contribution in [2.45, 2.75) is 59.0 Å². The molecule has 1 unspecified atom stereocenters. The van der Waals surface area contributed by atoms with Gasteiger partial charge in [0.05, 0.1) is 10.7 Å². The highest BCUT2D eigenvalue weighted by molar-refractivity contribution is 7.09. The van der Waals surface area contributed by atoms with Crippen LogP contribution in [0, 0.1) is 0 Å². The van der Waals surface area contributed by atoms with Crippen LogP contribution in [0.3, 0.4) is 0 Å². The van der Waals surface area contributed by atoms with Gasteiger partial charge in [0.2, 0.25) is 0 Å². The van der Waals surface area contributed by atoms with E-state index < -0.39 is 0 Å². The Morgan fingerprint density at radius 2 is 2.13 bits per heavy atom. The van der Waals surface area contributed by atoms with E-state index in [1.807, 2.05) is 0 Å². The smallest absolute Gasteiger partial charge is 0.0956 e. The number of rotatable bonds is 4. The Hall–Kier alpha value is -0.410. The summed E-state index contributed by atoms with van der Waals surface area (Å²) >= 11 is 1.78. The minimum atomic E-state index is 0.167. The summed E-state index contributed by atoms with van der Waals surface area (Å²) in [7, 11) is 0. The van der Waals surface area contributed by atoms with E-state index in [1.165, 1.54) is 17.1 Å². The van der Waals surface area contributed by atoms with Gasteiger partial charge in [-0.05, 0) is 27.2 Å². The third-order valence-electron chi connectivity index (χ3n) is 2.40. The summed E-state index contributed by atoms with van der Waals surface area (Å²) in [5.41, 5.74) is 1.34. The van der Waals surface area contributed by atoms with Crippen molar-refractivity contribution in [3.63, 3.8) is 0 Å². The van der Waals surface area contributed by atoms with E-state index in [4.69, 9.17) is 0 Å². The van der Waals surface area contributed by atoms with Crippen LogP contribution in [0.4, 0.5) is 0 Å². The fraction of sp³-hybridized carbons (Fsp3) is 0.750. The molecule has 1 aromatic heterocycles. The molecule has 0 aromatic carbocycles.